The molecule has 3 rings (SSSR count). The van der Waals surface area contributed by atoms with Crippen molar-refractivity contribution in [2.45, 2.75) is 88.1 Å². The summed E-state index contributed by atoms with van der Waals surface area (Å²) in [5.74, 6) is 2.26. The molecule has 0 aromatic heterocycles. The normalized spacial score (nSPS) is 39.8. The van der Waals surface area contributed by atoms with Crippen LogP contribution in [-0.2, 0) is 4.79 Å². The molecule has 3 aliphatic rings. The monoisotopic (exact) mass is 310 g/mol. The molecule has 120 valence electrons. The number of piperidine rings is 1. The Morgan fingerprint density at radius 2 is 1.95 bits per heavy atom. The molecule has 5 atom stereocenters. The molecule has 0 radical (unpaired) electrons. The lowest BCUT2D eigenvalue weighted by molar-refractivity contribution is -0.125. The molecule has 1 saturated heterocycles. The third-order valence-corrected chi connectivity index (χ3v) is 6.95. The second-order valence-corrected chi connectivity index (χ2v) is 8.50. The van der Waals surface area contributed by atoms with Gasteiger partial charge in [-0.1, -0.05) is 26.2 Å². The molecule has 3 nitrogen and oxygen atoms in total. The number of nitrogens with one attached hydrogen (secondary N) is 2. The van der Waals surface area contributed by atoms with Crippen molar-refractivity contribution < 1.29 is 4.79 Å². The molecule has 1 amide bonds. The predicted octanol–water partition coefficient (Wildman–Crippen LogP) is 3.09. The largest absolute Gasteiger partial charge is 0.351 e. The van der Waals surface area contributed by atoms with Crippen LogP contribution in [0.5, 0.6) is 0 Å². The summed E-state index contributed by atoms with van der Waals surface area (Å²) in [5.41, 5.74) is 0. The smallest absolute Gasteiger partial charge is 0.237 e. The fourth-order valence-corrected chi connectivity index (χ4v) is 5.69. The summed E-state index contributed by atoms with van der Waals surface area (Å²) in [6, 6.07) is 1.08. The Balaban J connectivity index is 1.51. The van der Waals surface area contributed by atoms with E-state index in [2.05, 4.69) is 17.6 Å². The lowest BCUT2D eigenvalue weighted by Gasteiger charge is -2.40. The minimum atomic E-state index is 0.0669. The number of rotatable bonds is 4. The Morgan fingerprint density at radius 3 is 2.81 bits per heavy atom. The quantitative estimate of drug-likeness (QED) is 0.838. The maximum Gasteiger partial charge on any atom is 0.237 e. The summed E-state index contributed by atoms with van der Waals surface area (Å²) in [6.45, 7) is 2.22. The van der Waals surface area contributed by atoms with Crippen LogP contribution >= 0.6 is 11.8 Å². The van der Waals surface area contributed by atoms with E-state index in [-0.39, 0.29) is 11.9 Å². The van der Waals surface area contributed by atoms with E-state index in [0.717, 1.165) is 18.1 Å². The molecule has 2 aliphatic carbocycles. The summed E-state index contributed by atoms with van der Waals surface area (Å²) >= 11 is 2.02. The Morgan fingerprint density at radius 1 is 1.10 bits per heavy atom. The first-order chi connectivity index (χ1) is 10.3. The van der Waals surface area contributed by atoms with Gasteiger partial charge >= 0.3 is 0 Å². The van der Waals surface area contributed by atoms with E-state index in [1.807, 2.05) is 11.8 Å². The van der Waals surface area contributed by atoms with Gasteiger partial charge < -0.3 is 10.6 Å². The maximum absolute atomic E-state index is 12.6. The molecule has 3 fully saturated rings. The van der Waals surface area contributed by atoms with Crippen molar-refractivity contribution in [2.75, 3.05) is 5.75 Å². The molecule has 21 heavy (non-hydrogen) atoms. The van der Waals surface area contributed by atoms with Crippen LogP contribution in [0, 0.1) is 5.92 Å². The van der Waals surface area contributed by atoms with Crippen LogP contribution in [0.25, 0.3) is 0 Å². The highest BCUT2D eigenvalue weighted by atomic mass is 32.2. The highest BCUT2D eigenvalue weighted by molar-refractivity contribution is 7.99. The summed E-state index contributed by atoms with van der Waals surface area (Å²) in [5, 5.41) is 7.66. The second kappa shape index (κ2) is 7.36. The van der Waals surface area contributed by atoms with Crippen LogP contribution in [0.2, 0.25) is 0 Å². The molecular weight excluding hydrogens is 280 g/mol. The van der Waals surface area contributed by atoms with E-state index in [1.165, 1.54) is 51.4 Å². The van der Waals surface area contributed by atoms with Gasteiger partial charge in [0.05, 0.1) is 6.04 Å². The number of hydrogen-bond donors (Lipinski definition) is 2. The minimum absolute atomic E-state index is 0.0669. The van der Waals surface area contributed by atoms with Crippen molar-refractivity contribution in [1.82, 2.24) is 10.6 Å². The molecular formula is C17H30N2OS. The van der Waals surface area contributed by atoms with Crippen LogP contribution < -0.4 is 10.6 Å². The van der Waals surface area contributed by atoms with E-state index in [4.69, 9.17) is 0 Å². The number of fused-ring (bicyclic) bond motifs is 1. The Labute approximate surface area is 133 Å². The number of hydrogen-bond acceptors (Lipinski definition) is 3. The molecule has 1 heterocycles. The van der Waals surface area contributed by atoms with Crippen molar-refractivity contribution in [3.05, 3.63) is 0 Å². The van der Waals surface area contributed by atoms with Crippen LogP contribution in [-0.4, -0.2) is 35.0 Å². The van der Waals surface area contributed by atoms with Gasteiger partial charge in [0, 0.05) is 17.3 Å². The first-order valence-corrected chi connectivity index (χ1v) is 10.0. The summed E-state index contributed by atoms with van der Waals surface area (Å²) in [4.78, 5) is 12.6. The Kier molecular flexibility index (Phi) is 5.49. The van der Waals surface area contributed by atoms with Gasteiger partial charge in [-0.25, -0.2) is 0 Å². The second-order valence-electron chi connectivity index (χ2n) is 6.99. The van der Waals surface area contributed by atoms with E-state index < -0.39 is 0 Å². The van der Waals surface area contributed by atoms with E-state index >= 15 is 0 Å². The van der Waals surface area contributed by atoms with Crippen LogP contribution in [0.4, 0.5) is 0 Å². The minimum Gasteiger partial charge on any atom is -0.351 e. The molecule has 4 heteroatoms. The van der Waals surface area contributed by atoms with Gasteiger partial charge in [0.1, 0.15) is 0 Å². The molecule has 0 aromatic rings. The van der Waals surface area contributed by atoms with Crippen molar-refractivity contribution in [2.24, 2.45) is 5.92 Å². The molecule has 0 spiro atoms. The highest BCUT2D eigenvalue weighted by Crippen LogP contribution is 2.33. The molecule has 5 unspecified atom stereocenters. The topological polar surface area (TPSA) is 41.1 Å². The third-order valence-electron chi connectivity index (χ3n) is 5.63. The highest BCUT2D eigenvalue weighted by Gasteiger charge is 2.36. The van der Waals surface area contributed by atoms with E-state index in [1.54, 1.807) is 0 Å². The lowest BCUT2D eigenvalue weighted by Crippen LogP contribution is -2.56. The average molecular weight is 311 g/mol. The zero-order valence-corrected chi connectivity index (χ0v) is 14.1. The predicted molar refractivity (Wildman–Crippen MR) is 89.6 cm³/mol. The van der Waals surface area contributed by atoms with Gasteiger partial charge in [-0.2, -0.15) is 11.8 Å². The van der Waals surface area contributed by atoms with E-state index in [0.29, 0.717) is 17.3 Å². The van der Waals surface area contributed by atoms with Crippen molar-refractivity contribution >= 4 is 17.7 Å². The lowest BCUT2D eigenvalue weighted by atomic mass is 9.77. The van der Waals surface area contributed by atoms with Crippen LogP contribution in [0.15, 0.2) is 0 Å². The summed E-state index contributed by atoms with van der Waals surface area (Å²) in [6.07, 6.45) is 11.3. The summed E-state index contributed by atoms with van der Waals surface area (Å²) in [7, 11) is 0. The van der Waals surface area contributed by atoms with Gasteiger partial charge in [0.2, 0.25) is 5.91 Å². The number of thioether (sulfide) groups is 1. The molecule has 2 saturated carbocycles. The third kappa shape index (κ3) is 3.76. The molecule has 1 aliphatic heterocycles. The van der Waals surface area contributed by atoms with Gasteiger partial charge in [0.25, 0.3) is 0 Å². The van der Waals surface area contributed by atoms with E-state index in [9.17, 15) is 4.79 Å². The number of carbonyl (C=O) groups excluding carboxylic acids is 1. The standard InChI is InChI=1S/C17H30N2OS/c1-2-21-16-9-5-8-14(16)19-17(20)15-11-10-12-6-3-4-7-13(12)18-15/h12-16,18H,2-11H2,1H3,(H,19,20). The van der Waals surface area contributed by atoms with Crippen molar-refractivity contribution in [3.8, 4) is 0 Å². The van der Waals surface area contributed by atoms with Crippen molar-refractivity contribution in [1.29, 1.82) is 0 Å². The Bertz CT molecular complexity index is 363. The first kappa shape index (κ1) is 15.7. The molecule has 2 N–H and O–H groups in total. The van der Waals surface area contributed by atoms with Gasteiger partial charge in [-0.3, -0.25) is 4.79 Å². The Hall–Kier alpha value is -0.220. The first-order valence-electron chi connectivity index (χ1n) is 8.96. The average Bonchev–Trinajstić information content (AvgIpc) is 2.94. The van der Waals surface area contributed by atoms with Gasteiger partial charge in [0.15, 0.2) is 0 Å². The fraction of sp³-hybridized carbons (Fsp3) is 0.941. The number of carbonyl (C=O) groups is 1. The van der Waals surface area contributed by atoms with Crippen LogP contribution in [0.1, 0.15) is 64.7 Å². The summed E-state index contributed by atoms with van der Waals surface area (Å²) < 4.78 is 0. The fourth-order valence-electron chi connectivity index (χ4n) is 4.49. The van der Waals surface area contributed by atoms with Crippen LogP contribution in [0.3, 0.4) is 0 Å². The van der Waals surface area contributed by atoms with Gasteiger partial charge in [-0.05, 0) is 50.2 Å². The molecule has 0 aromatic carbocycles. The van der Waals surface area contributed by atoms with Crippen molar-refractivity contribution in [3.63, 3.8) is 0 Å². The van der Waals surface area contributed by atoms with Gasteiger partial charge in [-0.15, -0.1) is 0 Å². The number of amides is 1. The SMILES string of the molecule is CCSC1CCCC1NC(=O)C1CCC2CCCCC2N1. The zero-order chi connectivity index (χ0) is 14.7. The molecule has 0 bridgehead atoms. The zero-order valence-electron chi connectivity index (χ0n) is 13.3. The maximum atomic E-state index is 12.6.